The highest BCUT2D eigenvalue weighted by Crippen LogP contribution is 2.24. The number of nitriles is 1. The summed E-state index contributed by atoms with van der Waals surface area (Å²) in [5, 5.41) is 9.13. The van der Waals surface area contributed by atoms with Crippen LogP contribution in [0.2, 0.25) is 0 Å². The lowest BCUT2D eigenvalue weighted by molar-refractivity contribution is -0.131. The first kappa shape index (κ1) is 14.6. The van der Waals surface area contributed by atoms with E-state index in [0.717, 1.165) is 24.9 Å². The molecular formula is C17H22N2O. The number of benzene rings is 1. The third-order valence-electron chi connectivity index (χ3n) is 4.12. The summed E-state index contributed by atoms with van der Waals surface area (Å²) in [6.07, 6.45) is 5.17. The molecule has 0 spiro atoms. The van der Waals surface area contributed by atoms with Gasteiger partial charge in [0.25, 0.3) is 0 Å². The van der Waals surface area contributed by atoms with Crippen LogP contribution in [0, 0.1) is 17.2 Å². The van der Waals surface area contributed by atoms with Crippen molar-refractivity contribution in [3.05, 3.63) is 35.4 Å². The van der Waals surface area contributed by atoms with Crippen molar-refractivity contribution in [2.45, 2.75) is 45.6 Å². The lowest BCUT2D eigenvalue weighted by atomic mass is 9.96. The van der Waals surface area contributed by atoms with Gasteiger partial charge in [0.05, 0.1) is 11.6 Å². The highest BCUT2D eigenvalue weighted by molar-refractivity contribution is 5.76. The van der Waals surface area contributed by atoms with E-state index in [-0.39, 0.29) is 5.91 Å². The zero-order valence-electron chi connectivity index (χ0n) is 12.1. The highest BCUT2D eigenvalue weighted by Gasteiger charge is 2.22. The molecule has 0 aromatic heterocycles. The predicted molar refractivity (Wildman–Crippen MR) is 78.8 cm³/mol. The Hall–Kier alpha value is -1.82. The molecule has 2 rings (SSSR count). The Morgan fingerprint density at radius 3 is 2.90 bits per heavy atom. The molecule has 1 heterocycles. The molecule has 1 aliphatic heterocycles. The second kappa shape index (κ2) is 7.09. The molecule has 20 heavy (non-hydrogen) atoms. The van der Waals surface area contributed by atoms with Crippen LogP contribution in [0.5, 0.6) is 0 Å². The second-order valence-corrected chi connectivity index (χ2v) is 5.57. The molecule has 1 aromatic carbocycles. The van der Waals surface area contributed by atoms with Crippen LogP contribution in [-0.2, 0) is 11.3 Å². The monoisotopic (exact) mass is 270 g/mol. The minimum atomic E-state index is 0.233. The first-order valence-electron chi connectivity index (χ1n) is 7.50. The molecule has 1 atom stereocenters. The number of rotatable bonds is 4. The molecule has 0 N–H and O–H groups in total. The summed E-state index contributed by atoms with van der Waals surface area (Å²) in [5.74, 6) is 0.913. The second-order valence-electron chi connectivity index (χ2n) is 5.57. The van der Waals surface area contributed by atoms with Crippen molar-refractivity contribution in [1.82, 2.24) is 4.90 Å². The summed E-state index contributed by atoms with van der Waals surface area (Å²) in [7, 11) is 0. The van der Waals surface area contributed by atoms with Gasteiger partial charge >= 0.3 is 0 Å². The summed E-state index contributed by atoms with van der Waals surface area (Å²) in [5.41, 5.74) is 1.63. The molecule has 1 saturated heterocycles. The van der Waals surface area contributed by atoms with Gasteiger partial charge in [-0.2, -0.15) is 5.26 Å². The topological polar surface area (TPSA) is 44.1 Å². The third-order valence-corrected chi connectivity index (χ3v) is 4.12. The molecule has 0 radical (unpaired) electrons. The van der Waals surface area contributed by atoms with Crippen molar-refractivity contribution >= 4 is 5.91 Å². The average Bonchev–Trinajstić information content (AvgIpc) is 2.64. The van der Waals surface area contributed by atoms with Crippen molar-refractivity contribution in [2.24, 2.45) is 5.92 Å². The van der Waals surface area contributed by atoms with Gasteiger partial charge in [-0.15, -0.1) is 0 Å². The number of carbonyl (C=O) groups excluding carboxylic acids is 1. The van der Waals surface area contributed by atoms with Crippen LogP contribution >= 0.6 is 0 Å². The number of hydrogen-bond donors (Lipinski definition) is 0. The summed E-state index contributed by atoms with van der Waals surface area (Å²) in [4.78, 5) is 14.1. The fourth-order valence-electron chi connectivity index (χ4n) is 2.93. The SMILES string of the molecule is CCCC1CCC(=O)N(Cc2ccccc2C#N)CC1. The average molecular weight is 270 g/mol. The van der Waals surface area contributed by atoms with E-state index < -0.39 is 0 Å². The first-order valence-corrected chi connectivity index (χ1v) is 7.50. The Labute approximate surface area is 121 Å². The van der Waals surface area contributed by atoms with Crippen molar-refractivity contribution in [3.8, 4) is 6.07 Å². The quantitative estimate of drug-likeness (QED) is 0.840. The number of amides is 1. The van der Waals surface area contributed by atoms with Gasteiger partial charge in [-0.05, 0) is 30.4 Å². The van der Waals surface area contributed by atoms with Crippen molar-refractivity contribution in [1.29, 1.82) is 5.26 Å². The van der Waals surface area contributed by atoms with Crippen LogP contribution in [0.15, 0.2) is 24.3 Å². The number of hydrogen-bond acceptors (Lipinski definition) is 2. The first-order chi connectivity index (χ1) is 9.74. The van der Waals surface area contributed by atoms with Gasteiger partial charge in [-0.1, -0.05) is 38.0 Å². The summed E-state index contributed by atoms with van der Waals surface area (Å²) >= 11 is 0. The fraction of sp³-hybridized carbons (Fsp3) is 0.529. The van der Waals surface area contributed by atoms with Crippen molar-refractivity contribution < 1.29 is 4.79 Å². The van der Waals surface area contributed by atoms with Crippen LogP contribution in [-0.4, -0.2) is 17.4 Å². The molecule has 0 bridgehead atoms. The molecule has 3 heteroatoms. The zero-order chi connectivity index (χ0) is 14.4. The summed E-state index contributed by atoms with van der Waals surface area (Å²) in [6.45, 7) is 3.60. The van der Waals surface area contributed by atoms with Crippen molar-refractivity contribution in [2.75, 3.05) is 6.54 Å². The summed E-state index contributed by atoms with van der Waals surface area (Å²) < 4.78 is 0. The van der Waals surface area contributed by atoms with Gasteiger partial charge in [0.15, 0.2) is 0 Å². The maximum atomic E-state index is 12.2. The normalized spacial score (nSPS) is 19.5. The largest absolute Gasteiger partial charge is 0.338 e. The van der Waals surface area contributed by atoms with E-state index in [1.54, 1.807) is 0 Å². The van der Waals surface area contributed by atoms with Gasteiger partial charge in [0.1, 0.15) is 0 Å². The van der Waals surface area contributed by atoms with Crippen LogP contribution < -0.4 is 0 Å². The standard InChI is InChI=1S/C17H22N2O/c1-2-5-14-8-9-17(20)19(11-10-14)13-16-7-4-3-6-15(16)12-18/h3-4,6-7,14H,2,5,8-11,13H2,1H3. The van der Waals surface area contributed by atoms with Gasteiger partial charge in [0, 0.05) is 19.5 Å². The maximum Gasteiger partial charge on any atom is 0.222 e. The van der Waals surface area contributed by atoms with Gasteiger partial charge < -0.3 is 4.90 Å². The Kier molecular flexibility index (Phi) is 5.17. The maximum absolute atomic E-state index is 12.2. The molecule has 3 nitrogen and oxygen atoms in total. The van der Waals surface area contributed by atoms with E-state index in [4.69, 9.17) is 5.26 Å². The van der Waals surface area contributed by atoms with E-state index >= 15 is 0 Å². The van der Waals surface area contributed by atoms with Crippen LogP contribution in [0.1, 0.15) is 50.2 Å². The number of likely N-dealkylation sites (tertiary alicyclic amines) is 1. The minimum Gasteiger partial charge on any atom is -0.338 e. The number of carbonyl (C=O) groups is 1. The zero-order valence-corrected chi connectivity index (χ0v) is 12.1. The third kappa shape index (κ3) is 3.60. The molecule has 0 aliphatic carbocycles. The van der Waals surface area contributed by atoms with Gasteiger partial charge in [-0.3, -0.25) is 4.79 Å². The Morgan fingerprint density at radius 2 is 2.15 bits per heavy atom. The smallest absolute Gasteiger partial charge is 0.222 e. The number of nitrogens with zero attached hydrogens (tertiary/aromatic N) is 2. The Morgan fingerprint density at radius 1 is 1.35 bits per heavy atom. The molecular weight excluding hydrogens is 248 g/mol. The molecule has 1 fully saturated rings. The molecule has 0 saturated carbocycles. The molecule has 106 valence electrons. The van der Waals surface area contributed by atoms with Crippen molar-refractivity contribution in [3.63, 3.8) is 0 Å². The molecule has 1 aliphatic rings. The minimum absolute atomic E-state index is 0.233. The van der Waals surface area contributed by atoms with Crippen LogP contribution in [0.4, 0.5) is 0 Å². The van der Waals surface area contributed by atoms with E-state index in [1.807, 2.05) is 29.2 Å². The van der Waals surface area contributed by atoms with E-state index in [9.17, 15) is 4.79 Å². The molecule has 1 unspecified atom stereocenters. The Balaban J connectivity index is 2.05. The highest BCUT2D eigenvalue weighted by atomic mass is 16.2. The van der Waals surface area contributed by atoms with Gasteiger partial charge in [-0.25, -0.2) is 0 Å². The molecule has 1 aromatic rings. The lowest BCUT2D eigenvalue weighted by Gasteiger charge is -2.21. The van der Waals surface area contributed by atoms with Crippen LogP contribution in [0.25, 0.3) is 0 Å². The van der Waals surface area contributed by atoms with Crippen LogP contribution in [0.3, 0.4) is 0 Å². The van der Waals surface area contributed by atoms with E-state index in [0.29, 0.717) is 24.4 Å². The van der Waals surface area contributed by atoms with E-state index in [2.05, 4.69) is 13.0 Å². The summed E-state index contributed by atoms with van der Waals surface area (Å²) in [6, 6.07) is 9.76. The lowest BCUT2D eigenvalue weighted by Crippen LogP contribution is -2.30. The fourth-order valence-corrected chi connectivity index (χ4v) is 2.93. The Bertz CT molecular complexity index is 504. The van der Waals surface area contributed by atoms with Gasteiger partial charge in [0.2, 0.25) is 5.91 Å². The van der Waals surface area contributed by atoms with E-state index in [1.165, 1.54) is 12.8 Å². The molecule has 1 amide bonds. The predicted octanol–water partition coefficient (Wildman–Crippen LogP) is 3.49.